The molecule has 2 aromatic carbocycles. The Hall–Kier alpha value is -3.68. The Morgan fingerprint density at radius 1 is 1.06 bits per heavy atom. The summed E-state index contributed by atoms with van der Waals surface area (Å²) < 4.78 is 0. The smallest absolute Gasteiger partial charge is 0.341 e. The number of aromatic nitrogens is 3. The molecule has 1 aromatic heterocycles. The van der Waals surface area contributed by atoms with E-state index < -0.39 is 5.69 Å². The second-order valence-corrected chi connectivity index (χ2v) is 8.03. The summed E-state index contributed by atoms with van der Waals surface area (Å²) in [6, 6.07) is 18.2. The first kappa shape index (κ1) is 21.5. The molecule has 1 fully saturated rings. The topological polar surface area (TPSA) is 102 Å². The van der Waals surface area contributed by atoms with Crippen molar-refractivity contribution in [1.82, 2.24) is 25.0 Å². The van der Waals surface area contributed by atoms with Gasteiger partial charge < -0.3 is 9.80 Å². The van der Waals surface area contributed by atoms with E-state index in [2.05, 4.69) is 33.4 Å². The number of amides is 2. The molecule has 166 valence electrons. The zero-order valence-corrected chi connectivity index (χ0v) is 18.1. The van der Waals surface area contributed by atoms with Crippen molar-refractivity contribution >= 4 is 11.8 Å². The van der Waals surface area contributed by atoms with Gasteiger partial charge in [0, 0.05) is 26.2 Å². The van der Waals surface area contributed by atoms with E-state index in [0.29, 0.717) is 26.1 Å². The van der Waals surface area contributed by atoms with Crippen molar-refractivity contribution in [3.63, 3.8) is 0 Å². The molecule has 8 heteroatoms. The van der Waals surface area contributed by atoms with Gasteiger partial charge in [-0.2, -0.15) is 0 Å². The van der Waals surface area contributed by atoms with Gasteiger partial charge in [0.15, 0.2) is 0 Å². The predicted molar refractivity (Wildman–Crippen MR) is 121 cm³/mol. The summed E-state index contributed by atoms with van der Waals surface area (Å²) in [5.41, 5.74) is 2.72. The van der Waals surface area contributed by atoms with E-state index in [1.807, 2.05) is 48.2 Å². The highest BCUT2D eigenvalue weighted by Gasteiger charge is 2.33. The largest absolute Gasteiger partial charge is 0.341 e. The molecule has 3 aromatic rings. The summed E-state index contributed by atoms with van der Waals surface area (Å²) in [7, 11) is 0. The van der Waals surface area contributed by atoms with Gasteiger partial charge in [0.05, 0.1) is 5.92 Å². The van der Waals surface area contributed by atoms with Gasteiger partial charge >= 0.3 is 5.69 Å². The maximum atomic E-state index is 13.4. The lowest BCUT2D eigenvalue weighted by molar-refractivity contribution is -0.134. The van der Waals surface area contributed by atoms with E-state index in [0.717, 1.165) is 23.1 Å². The second-order valence-electron chi connectivity index (χ2n) is 8.03. The number of H-pyrrole nitrogens is 2. The lowest BCUT2D eigenvalue weighted by Gasteiger charge is -2.24. The molecule has 0 spiro atoms. The monoisotopic (exact) mass is 433 g/mol. The molecule has 0 radical (unpaired) electrons. The molecule has 8 nitrogen and oxygen atoms in total. The third kappa shape index (κ3) is 4.64. The minimum atomic E-state index is -0.528. The summed E-state index contributed by atoms with van der Waals surface area (Å²) in [6.45, 7) is 3.82. The number of carbonyl (C=O) groups is 2. The average Bonchev–Trinajstić information content (AvgIpc) is 3.20. The molecule has 1 atom stereocenters. The first-order chi connectivity index (χ1) is 15.6. The van der Waals surface area contributed by atoms with Gasteiger partial charge in [-0.25, -0.2) is 9.89 Å². The van der Waals surface area contributed by atoms with Crippen molar-refractivity contribution in [2.75, 3.05) is 26.2 Å². The van der Waals surface area contributed by atoms with Crippen LogP contribution in [-0.2, 0) is 11.2 Å². The van der Waals surface area contributed by atoms with Crippen LogP contribution in [-0.4, -0.2) is 63.0 Å². The molecule has 1 aliphatic heterocycles. The van der Waals surface area contributed by atoms with Crippen molar-refractivity contribution in [2.45, 2.75) is 19.8 Å². The SMILES string of the molecule is CCCN1CCN(C(=O)c2n[nH]c(=O)[nH]2)C[C@H](Cc2ccccc2-c2ccccc2)C1=O. The molecule has 0 bridgehead atoms. The zero-order valence-electron chi connectivity index (χ0n) is 18.1. The number of nitrogens with one attached hydrogen (secondary N) is 2. The van der Waals surface area contributed by atoms with Gasteiger partial charge in [0.1, 0.15) is 0 Å². The van der Waals surface area contributed by atoms with Gasteiger partial charge in [-0.3, -0.25) is 14.6 Å². The fraction of sp³-hybridized carbons (Fsp3) is 0.333. The molecule has 0 aliphatic carbocycles. The second kappa shape index (κ2) is 9.64. The number of carbonyl (C=O) groups excluding carboxylic acids is 2. The van der Waals surface area contributed by atoms with Crippen LogP contribution in [0, 0.1) is 5.92 Å². The van der Waals surface area contributed by atoms with E-state index in [-0.39, 0.29) is 30.1 Å². The average molecular weight is 434 g/mol. The number of hydrogen-bond donors (Lipinski definition) is 2. The molecule has 2 heterocycles. The predicted octanol–water partition coefficient (Wildman–Crippen LogP) is 2.32. The zero-order chi connectivity index (χ0) is 22.5. The van der Waals surface area contributed by atoms with Gasteiger partial charge in [-0.1, -0.05) is 61.5 Å². The number of aromatic amines is 2. The van der Waals surface area contributed by atoms with Crippen LogP contribution in [0.5, 0.6) is 0 Å². The van der Waals surface area contributed by atoms with Gasteiger partial charge in [-0.05, 0) is 29.5 Å². The van der Waals surface area contributed by atoms with Crippen LogP contribution in [0.1, 0.15) is 29.5 Å². The van der Waals surface area contributed by atoms with Gasteiger partial charge in [-0.15, -0.1) is 5.10 Å². The summed E-state index contributed by atoms with van der Waals surface area (Å²) in [4.78, 5) is 43.7. The molecule has 2 N–H and O–H groups in total. The van der Waals surface area contributed by atoms with Crippen LogP contribution in [0.3, 0.4) is 0 Å². The van der Waals surface area contributed by atoms with Crippen LogP contribution >= 0.6 is 0 Å². The van der Waals surface area contributed by atoms with Gasteiger partial charge in [0.25, 0.3) is 5.91 Å². The quantitative estimate of drug-likeness (QED) is 0.623. The Balaban J connectivity index is 1.64. The van der Waals surface area contributed by atoms with Crippen molar-refractivity contribution in [3.05, 3.63) is 76.5 Å². The molecule has 0 unspecified atom stereocenters. The summed E-state index contributed by atoms with van der Waals surface area (Å²) in [5, 5.41) is 6.01. The molecule has 0 saturated carbocycles. The van der Waals surface area contributed by atoms with Crippen LogP contribution in [0.25, 0.3) is 11.1 Å². The van der Waals surface area contributed by atoms with Crippen molar-refractivity contribution in [3.8, 4) is 11.1 Å². The minimum absolute atomic E-state index is 0.0326. The van der Waals surface area contributed by atoms with Crippen molar-refractivity contribution in [1.29, 1.82) is 0 Å². The van der Waals surface area contributed by atoms with E-state index in [9.17, 15) is 14.4 Å². The summed E-state index contributed by atoms with van der Waals surface area (Å²) in [5.74, 6) is -0.741. The number of rotatable bonds is 6. The molecule has 32 heavy (non-hydrogen) atoms. The molecule has 2 amide bonds. The summed E-state index contributed by atoms with van der Waals surface area (Å²) >= 11 is 0. The molecular formula is C24H27N5O3. The number of nitrogens with zero attached hydrogens (tertiary/aromatic N) is 3. The molecule has 4 rings (SSSR count). The fourth-order valence-electron chi connectivity index (χ4n) is 4.26. The van der Waals surface area contributed by atoms with Crippen LogP contribution in [0.4, 0.5) is 0 Å². The molecular weight excluding hydrogens is 406 g/mol. The van der Waals surface area contributed by atoms with Gasteiger partial charge in [0.2, 0.25) is 11.7 Å². The van der Waals surface area contributed by atoms with E-state index >= 15 is 0 Å². The van der Waals surface area contributed by atoms with Crippen molar-refractivity contribution in [2.24, 2.45) is 5.92 Å². The third-order valence-electron chi connectivity index (χ3n) is 5.79. The van der Waals surface area contributed by atoms with E-state index in [4.69, 9.17) is 0 Å². The first-order valence-corrected chi connectivity index (χ1v) is 10.9. The van der Waals surface area contributed by atoms with Crippen molar-refractivity contribution < 1.29 is 9.59 Å². The normalized spacial score (nSPS) is 16.8. The highest BCUT2D eigenvalue weighted by Crippen LogP contribution is 2.27. The van der Waals surface area contributed by atoms with E-state index in [1.165, 1.54) is 0 Å². The Kier molecular flexibility index (Phi) is 6.49. The molecule has 1 saturated heterocycles. The van der Waals surface area contributed by atoms with Crippen LogP contribution in [0.2, 0.25) is 0 Å². The Morgan fingerprint density at radius 2 is 1.81 bits per heavy atom. The van der Waals surface area contributed by atoms with Crippen LogP contribution in [0.15, 0.2) is 59.4 Å². The first-order valence-electron chi connectivity index (χ1n) is 10.9. The maximum Gasteiger partial charge on any atom is 0.341 e. The third-order valence-corrected chi connectivity index (χ3v) is 5.79. The minimum Gasteiger partial charge on any atom is -0.341 e. The molecule has 1 aliphatic rings. The lowest BCUT2D eigenvalue weighted by Crippen LogP contribution is -2.38. The Labute approximate surface area is 186 Å². The Morgan fingerprint density at radius 3 is 2.53 bits per heavy atom. The lowest BCUT2D eigenvalue weighted by atomic mass is 9.91. The highest BCUT2D eigenvalue weighted by molar-refractivity contribution is 5.91. The number of hydrogen-bond acceptors (Lipinski definition) is 4. The standard InChI is InChI=1S/C24H27N5O3/c1-2-12-28-13-14-29(23(31)21-25-24(32)27-26-21)16-19(22(28)30)15-18-10-6-7-11-20(18)17-8-4-3-5-9-17/h3-11,19H,2,12-16H2,1H3,(H2,25,26,27,32)/t19-/m0/s1. The number of benzene rings is 2. The maximum absolute atomic E-state index is 13.4. The fourth-order valence-corrected chi connectivity index (χ4v) is 4.26. The van der Waals surface area contributed by atoms with Crippen LogP contribution < -0.4 is 5.69 Å². The summed E-state index contributed by atoms with van der Waals surface area (Å²) in [6.07, 6.45) is 1.37. The highest BCUT2D eigenvalue weighted by atomic mass is 16.2. The van der Waals surface area contributed by atoms with E-state index in [1.54, 1.807) is 4.90 Å². The Bertz CT molecular complexity index is 1140.